The molecule has 0 fully saturated rings. The van der Waals surface area contributed by atoms with Gasteiger partial charge in [-0.2, -0.15) is 0 Å². The molecule has 6 heteroatoms. The molecule has 0 aromatic heterocycles. The molecule has 0 unspecified atom stereocenters. The van der Waals surface area contributed by atoms with E-state index in [-0.39, 0.29) is 5.91 Å². The number of aryl methyl sites for hydroxylation is 1. The maximum Gasteiger partial charge on any atom is 0.315 e. The zero-order valence-electron chi connectivity index (χ0n) is 9.90. The van der Waals surface area contributed by atoms with E-state index < -0.39 is 11.8 Å². The third-order valence-corrected chi connectivity index (χ3v) is 2.89. The molecule has 1 aliphatic rings. The Balaban J connectivity index is 2.29. The van der Waals surface area contributed by atoms with Crippen LogP contribution in [0.3, 0.4) is 0 Å². The number of primary amides is 1. The number of carbonyl (C=O) groups is 3. The van der Waals surface area contributed by atoms with E-state index in [0.717, 1.165) is 11.3 Å². The van der Waals surface area contributed by atoms with Gasteiger partial charge in [-0.25, -0.2) is 0 Å². The largest absolute Gasteiger partial charge is 0.361 e. The van der Waals surface area contributed by atoms with Gasteiger partial charge < -0.3 is 16.0 Å². The summed E-state index contributed by atoms with van der Waals surface area (Å²) in [6.07, 6.45) is 1.04. The molecule has 3 N–H and O–H groups in total. The van der Waals surface area contributed by atoms with Crippen LogP contribution in [-0.2, 0) is 20.8 Å². The number of carbonyl (C=O) groups excluding carboxylic acids is 3. The third kappa shape index (κ3) is 2.17. The first-order valence-electron chi connectivity index (χ1n) is 5.49. The summed E-state index contributed by atoms with van der Waals surface area (Å²) in [5.41, 5.74) is 7.21. The molecular weight excluding hydrogens is 234 g/mol. The number of hydrogen-bond donors (Lipinski definition) is 2. The van der Waals surface area contributed by atoms with Crippen molar-refractivity contribution >= 4 is 29.1 Å². The molecule has 6 nitrogen and oxygen atoms in total. The average Bonchev–Trinajstić information content (AvgIpc) is 2.36. The highest BCUT2D eigenvalue weighted by molar-refractivity contribution is 6.39. The van der Waals surface area contributed by atoms with Gasteiger partial charge in [-0.05, 0) is 30.2 Å². The molecular formula is C12H13N3O3. The minimum absolute atomic E-state index is 0.0168. The summed E-state index contributed by atoms with van der Waals surface area (Å²) in [7, 11) is 1.48. The average molecular weight is 247 g/mol. The van der Waals surface area contributed by atoms with Gasteiger partial charge in [0.05, 0.1) is 0 Å². The summed E-state index contributed by atoms with van der Waals surface area (Å²) in [6, 6.07) is 5.15. The Morgan fingerprint density at radius 3 is 2.72 bits per heavy atom. The minimum atomic E-state index is -0.997. The zero-order chi connectivity index (χ0) is 13.3. The molecule has 0 saturated heterocycles. The Hall–Kier alpha value is -2.37. The number of hydrogen-bond acceptors (Lipinski definition) is 3. The number of nitrogens with two attached hydrogens (primary N) is 1. The van der Waals surface area contributed by atoms with Gasteiger partial charge in [-0.1, -0.05) is 0 Å². The van der Waals surface area contributed by atoms with Crippen molar-refractivity contribution in [1.29, 1.82) is 0 Å². The molecule has 1 aromatic carbocycles. The second-order valence-corrected chi connectivity index (χ2v) is 4.12. The number of nitrogens with zero attached hydrogens (tertiary/aromatic N) is 1. The fourth-order valence-electron chi connectivity index (χ4n) is 1.86. The van der Waals surface area contributed by atoms with Crippen LogP contribution < -0.4 is 16.0 Å². The van der Waals surface area contributed by atoms with Crippen LogP contribution in [0.25, 0.3) is 0 Å². The molecule has 0 bridgehead atoms. The number of amides is 3. The maximum absolute atomic E-state index is 11.4. The van der Waals surface area contributed by atoms with E-state index in [4.69, 9.17) is 5.73 Å². The van der Waals surface area contributed by atoms with Gasteiger partial charge >= 0.3 is 11.8 Å². The molecule has 0 radical (unpaired) electrons. The van der Waals surface area contributed by atoms with Gasteiger partial charge in [0.1, 0.15) is 0 Å². The van der Waals surface area contributed by atoms with E-state index in [1.165, 1.54) is 11.9 Å². The number of benzene rings is 1. The molecule has 94 valence electrons. The van der Waals surface area contributed by atoms with Gasteiger partial charge in [0, 0.05) is 24.8 Å². The Bertz CT molecular complexity index is 539. The van der Waals surface area contributed by atoms with E-state index in [9.17, 15) is 14.4 Å². The molecule has 0 saturated carbocycles. The lowest BCUT2D eigenvalue weighted by molar-refractivity contribution is -0.135. The highest BCUT2D eigenvalue weighted by Gasteiger charge is 2.19. The summed E-state index contributed by atoms with van der Waals surface area (Å²) in [4.78, 5) is 34.7. The van der Waals surface area contributed by atoms with Crippen LogP contribution in [0.1, 0.15) is 12.0 Å². The van der Waals surface area contributed by atoms with Crippen molar-refractivity contribution in [2.24, 2.45) is 5.73 Å². The minimum Gasteiger partial charge on any atom is -0.361 e. The summed E-state index contributed by atoms with van der Waals surface area (Å²) < 4.78 is 0. The first-order chi connectivity index (χ1) is 8.49. The lowest BCUT2D eigenvalue weighted by Crippen LogP contribution is -2.37. The zero-order valence-corrected chi connectivity index (χ0v) is 9.90. The molecule has 1 aliphatic heterocycles. The van der Waals surface area contributed by atoms with Gasteiger partial charge in [0.25, 0.3) is 0 Å². The summed E-state index contributed by atoms with van der Waals surface area (Å²) in [6.45, 7) is 0. The normalized spacial score (nSPS) is 13.5. The third-order valence-electron chi connectivity index (χ3n) is 2.89. The van der Waals surface area contributed by atoms with Crippen LogP contribution in [0.15, 0.2) is 18.2 Å². The summed E-state index contributed by atoms with van der Waals surface area (Å²) >= 11 is 0. The van der Waals surface area contributed by atoms with Crippen LogP contribution in [0, 0.1) is 0 Å². The number of nitrogens with one attached hydrogen (secondary N) is 1. The number of anilines is 2. The summed E-state index contributed by atoms with van der Waals surface area (Å²) in [5.74, 6) is -1.78. The highest BCUT2D eigenvalue weighted by Crippen LogP contribution is 2.27. The van der Waals surface area contributed by atoms with E-state index >= 15 is 0 Å². The Morgan fingerprint density at radius 1 is 1.33 bits per heavy atom. The van der Waals surface area contributed by atoms with Crippen molar-refractivity contribution in [3.8, 4) is 0 Å². The van der Waals surface area contributed by atoms with Crippen LogP contribution in [0.2, 0.25) is 0 Å². The number of rotatable bonds is 1. The molecule has 2 rings (SSSR count). The fraction of sp³-hybridized carbons (Fsp3) is 0.250. The van der Waals surface area contributed by atoms with Gasteiger partial charge in [0.2, 0.25) is 5.91 Å². The van der Waals surface area contributed by atoms with Crippen molar-refractivity contribution in [2.75, 3.05) is 17.3 Å². The Kier molecular flexibility index (Phi) is 3.01. The predicted molar refractivity (Wildman–Crippen MR) is 66.0 cm³/mol. The van der Waals surface area contributed by atoms with Crippen LogP contribution in [-0.4, -0.2) is 24.8 Å². The van der Waals surface area contributed by atoms with Gasteiger partial charge in [-0.3, -0.25) is 14.4 Å². The van der Waals surface area contributed by atoms with Crippen molar-refractivity contribution in [2.45, 2.75) is 12.8 Å². The number of fused-ring (bicyclic) bond motifs is 1. The summed E-state index contributed by atoms with van der Waals surface area (Å²) in [5, 5.41) is 2.74. The quantitative estimate of drug-likeness (QED) is 0.685. The predicted octanol–water partition coefficient (Wildman–Crippen LogP) is 0.0194. The standard InChI is InChI=1S/C12H13N3O3/c1-15(12(18)11(13)17)8-3-4-9-7(6-8)2-5-10(16)14-9/h3-4,6H,2,5H2,1H3,(H2,13,17)(H,14,16). The van der Waals surface area contributed by atoms with Crippen molar-refractivity contribution in [1.82, 2.24) is 0 Å². The fourth-order valence-corrected chi connectivity index (χ4v) is 1.86. The lowest BCUT2D eigenvalue weighted by atomic mass is 10.0. The second-order valence-electron chi connectivity index (χ2n) is 4.12. The number of likely N-dealkylation sites (N-methyl/N-ethyl adjacent to an activating group) is 1. The second kappa shape index (κ2) is 4.48. The van der Waals surface area contributed by atoms with E-state index in [1.54, 1.807) is 18.2 Å². The molecule has 0 spiro atoms. The first kappa shape index (κ1) is 12.1. The van der Waals surface area contributed by atoms with Gasteiger partial charge in [-0.15, -0.1) is 0 Å². The smallest absolute Gasteiger partial charge is 0.315 e. The lowest BCUT2D eigenvalue weighted by Gasteiger charge is -2.21. The van der Waals surface area contributed by atoms with Crippen molar-refractivity contribution in [3.05, 3.63) is 23.8 Å². The monoisotopic (exact) mass is 247 g/mol. The van der Waals surface area contributed by atoms with E-state index in [0.29, 0.717) is 18.5 Å². The van der Waals surface area contributed by atoms with Gasteiger partial charge in [0.15, 0.2) is 0 Å². The topological polar surface area (TPSA) is 92.5 Å². The maximum atomic E-state index is 11.4. The van der Waals surface area contributed by atoms with Crippen LogP contribution in [0.4, 0.5) is 11.4 Å². The molecule has 0 aliphatic carbocycles. The molecule has 1 heterocycles. The van der Waals surface area contributed by atoms with E-state index in [1.807, 2.05) is 0 Å². The highest BCUT2D eigenvalue weighted by atomic mass is 16.2. The molecule has 3 amide bonds. The van der Waals surface area contributed by atoms with Crippen LogP contribution in [0.5, 0.6) is 0 Å². The molecule has 0 atom stereocenters. The van der Waals surface area contributed by atoms with Crippen molar-refractivity contribution in [3.63, 3.8) is 0 Å². The Labute approximate surface area is 104 Å². The Morgan fingerprint density at radius 2 is 2.06 bits per heavy atom. The molecule has 1 aromatic rings. The SMILES string of the molecule is CN(C(=O)C(N)=O)c1ccc2c(c1)CCC(=O)N2. The first-order valence-corrected chi connectivity index (χ1v) is 5.49. The molecule has 18 heavy (non-hydrogen) atoms. The van der Waals surface area contributed by atoms with Crippen LogP contribution >= 0.6 is 0 Å². The van der Waals surface area contributed by atoms with Crippen molar-refractivity contribution < 1.29 is 14.4 Å². The van der Waals surface area contributed by atoms with E-state index in [2.05, 4.69) is 5.32 Å².